The van der Waals surface area contributed by atoms with Gasteiger partial charge in [0.2, 0.25) is 0 Å². The minimum atomic E-state index is 0. The molecule has 8 valence electrons. The second-order valence-corrected chi connectivity index (χ2v) is 0. The van der Waals surface area contributed by atoms with Gasteiger partial charge >= 0.3 is 69.9 Å². The van der Waals surface area contributed by atoms with Crippen LogP contribution in [0, 0.1) is 0 Å². The van der Waals surface area contributed by atoms with Gasteiger partial charge in [0.1, 0.15) is 0 Å². The SMILES string of the molecule is [Hf+4].[O-2].[Ta+5].[Ti+4]. The number of hydrogen-bond donors (Lipinski definition) is 0. The largest absolute Gasteiger partial charge is 5.00 e. The van der Waals surface area contributed by atoms with E-state index in [0.717, 1.165) is 0 Å². The van der Waals surface area contributed by atoms with Crippen molar-refractivity contribution >= 4 is 0 Å². The van der Waals surface area contributed by atoms with Crippen molar-refractivity contribution in [3.63, 3.8) is 0 Å². The molecule has 0 aromatic rings. The van der Waals surface area contributed by atoms with Gasteiger partial charge in [0.25, 0.3) is 0 Å². The normalized spacial score (nSPS) is 0. The Balaban J connectivity index is 0. The molecule has 0 aliphatic carbocycles. The van der Waals surface area contributed by atoms with Gasteiger partial charge in [-0.05, 0) is 0 Å². The maximum absolute atomic E-state index is 0. The van der Waals surface area contributed by atoms with E-state index in [9.17, 15) is 0 Å². The summed E-state index contributed by atoms with van der Waals surface area (Å²) in [6, 6.07) is 0. The van der Waals surface area contributed by atoms with Crippen LogP contribution in [0.25, 0.3) is 0 Å². The predicted octanol–water partition coefficient (Wildman–Crippen LogP) is -0.126. The standard InChI is InChI=1S/Hf.O.Ta.Ti/q+4;-2;+5;+4. The Kier molecular flexibility index (Phi) is 156. The molecule has 0 radical (unpaired) electrons. The van der Waals surface area contributed by atoms with Gasteiger partial charge in [-0.25, -0.2) is 0 Å². The van der Waals surface area contributed by atoms with Crippen LogP contribution >= 0.6 is 0 Å². The third-order valence-electron chi connectivity index (χ3n) is 0. The van der Waals surface area contributed by atoms with Crippen molar-refractivity contribution in [1.29, 1.82) is 0 Å². The fraction of sp³-hybridized carbons (Fsp3) is 0. The van der Waals surface area contributed by atoms with Gasteiger partial charge in [0.05, 0.1) is 0 Å². The second kappa shape index (κ2) is 18.6. The van der Waals surface area contributed by atoms with Crippen molar-refractivity contribution in [2.45, 2.75) is 0 Å². The van der Waals surface area contributed by atoms with E-state index in [4.69, 9.17) is 0 Å². The molecule has 0 aromatic heterocycles. The fourth-order valence-electron chi connectivity index (χ4n) is 0. The maximum Gasteiger partial charge on any atom is 5.00 e. The van der Waals surface area contributed by atoms with Crippen molar-refractivity contribution in [2.24, 2.45) is 0 Å². The van der Waals surface area contributed by atoms with E-state index in [-0.39, 0.29) is 75.4 Å². The van der Waals surface area contributed by atoms with E-state index < -0.39 is 0 Å². The molecule has 1 nitrogen and oxygen atoms in total. The van der Waals surface area contributed by atoms with Crippen LogP contribution in [0.2, 0.25) is 0 Å². The molecule has 4 heteroatoms. The van der Waals surface area contributed by atoms with Gasteiger partial charge in [-0.2, -0.15) is 0 Å². The molecule has 0 rings (SSSR count). The molecule has 0 saturated heterocycles. The van der Waals surface area contributed by atoms with Crippen molar-refractivity contribution in [3.05, 3.63) is 0 Å². The topological polar surface area (TPSA) is 28.5 Å². The van der Waals surface area contributed by atoms with Gasteiger partial charge in [-0.15, -0.1) is 0 Å². The summed E-state index contributed by atoms with van der Waals surface area (Å²) < 4.78 is 0. The van der Waals surface area contributed by atoms with Crippen LogP contribution in [0.5, 0.6) is 0 Å². The Labute approximate surface area is 74.4 Å². The molecule has 4 heavy (non-hydrogen) atoms. The first kappa shape index (κ1) is 33.6. The molecule has 0 aliphatic heterocycles. The van der Waals surface area contributed by atoms with E-state index in [2.05, 4.69) is 0 Å². The van der Waals surface area contributed by atoms with Crippen LogP contribution in [0.4, 0.5) is 0 Å². The summed E-state index contributed by atoms with van der Waals surface area (Å²) in [6.07, 6.45) is 0. The van der Waals surface area contributed by atoms with E-state index in [1.807, 2.05) is 0 Å². The van der Waals surface area contributed by atoms with Crippen LogP contribution in [-0.2, 0) is 75.4 Å². The summed E-state index contributed by atoms with van der Waals surface area (Å²) in [7, 11) is 0. The molecule has 0 unspecified atom stereocenters. The Morgan fingerprint density at radius 2 is 1.00 bits per heavy atom. The molecular weight excluding hydrogens is 423 g/mol. The Morgan fingerprint density at radius 1 is 1.00 bits per heavy atom. The van der Waals surface area contributed by atoms with Crippen LogP contribution in [0.15, 0.2) is 0 Å². The van der Waals surface area contributed by atoms with Crippen LogP contribution < -0.4 is 0 Å². The van der Waals surface area contributed by atoms with Gasteiger partial charge in [-0.3, -0.25) is 0 Å². The Morgan fingerprint density at radius 3 is 1.00 bits per heavy atom. The molecule has 0 aromatic carbocycles. The first-order valence-electron chi connectivity index (χ1n) is 0. The number of rotatable bonds is 0. The molecule has 0 saturated carbocycles. The average molecular weight is 423 g/mol. The molecule has 0 spiro atoms. The first-order valence-corrected chi connectivity index (χ1v) is 0. The monoisotopic (exact) mass is 425 g/mol. The van der Waals surface area contributed by atoms with E-state index in [0.29, 0.717) is 0 Å². The molecule has 0 fully saturated rings. The van der Waals surface area contributed by atoms with Crippen molar-refractivity contribution in [1.82, 2.24) is 0 Å². The molecule has 0 atom stereocenters. The predicted molar refractivity (Wildman–Crippen MR) is 0.686 cm³/mol. The smallest absolute Gasteiger partial charge is 2.00 e. The average Bonchev–Trinajstić information content (AvgIpc) is 0. The summed E-state index contributed by atoms with van der Waals surface area (Å²) in [4.78, 5) is 0. The minimum absolute atomic E-state index is 0. The quantitative estimate of drug-likeness (QED) is 0.486. The van der Waals surface area contributed by atoms with Crippen LogP contribution in [0.3, 0.4) is 0 Å². The van der Waals surface area contributed by atoms with Crippen LogP contribution in [0.1, 0.15) is 0 Å². The van der Waals surface area contributed by atoms with Gasteiger partial charge < -0.3 is 5.48 Å². The van der Waals surface area contributed by atoms with Gasteiger partial charge in [0, 0.05) is 0 Å². The van der Waals surface area contributed by atoms with E-state index >= 15 is 0 Å². The van der Waals surface area contributed by atoms with Crippen molar-refractivity contribution < 1.29 is 75.4 Å². The van der Waals surface area contributed by atoms with Gasteiger partial charge in [-0.1, -0.05) is 0 Å². The van der Waals surface area contributed by atoms with Gasteiger partial charge in [0.15, 0.2) is 0 Å². The maximum atomic E-state index is 0. The summed E-state index contributed by atoms with van der Waals surface area (Å²) in [5, 5.41) is 0. The molecule has 0 N–H and O–H groups in total. The second-order valence-electron chi connectivity index (χ2n) is 0. The zero-order valence-corrected chi connectivity index (χ0v) is 10.2. The molecule has 0 bridgehead atoms. The Hall–Kier alpha value is 2.28. The summed E-state index contributed by atoms with van der Waals surface area (Å²) >= 11 is 0. The first-order chi connectivity index (χ1) is 0. The summed E-state index contributed by atoms with van der Waals surface area (Å²) in [5.41, 5.74) is 0. The zero-order valence-electron chi connectivity index (χ0n) is 1.86. The number of hydrogen-bond acceptors (Lipinski definition) is 0. The van der Waals surface area contributed by atoms with Crippen molar-refractivity contribution in [2.75, 3.05) is 0 Å². The fourth-order valence-corrected chi connectivity index (χ4v) is 0. The van der Waals surface area contributed by atoms with Crippen molar-refractivity contribution in [3.8, 4) is 0 Å². The third-order valence-corrected chi connectivity index (χ3v) is 0. The summed E-state index contributed by atoms with van der Waals surface area (Å²) in [5.74, 6) is 0. The minimum Gasteiger partial charge on any atom is -2.00 e. The van der Waals surface area contributed by atoms with E-state index in [1.165, 1.54) is 0 Å². The summed E-state index contributed by atoms with van der Waals surface area (Å²) in [6.45, 7) is 0. The molecule has 0 aliphatic rings. The molecule has 0 amide bonds. The molecular formula is HfOTaTi+11. The van der Waals surface area contributed by atoms with Crippen LogP contribution in [-0.4, -0.2) is 0 Å². The Bertz CT molecular complexity index is 8.00. The van der Waals surface area contributed by atoms with E-state index in [1.54, 1.807) is 0 Å². The molecule has 0 heterocycles. The third kappa shape index (κ3) is 8.86. The zero-order chi connectivity index (χ0) is 0.